The van der Waals surface area contributed by atoms with Crippen LogP contribution in [0, 0.1) is 0 Å². The van der Waals surface area contributed by atoms with Gasteiger partial charge in [0.05, 0.1) is 5.69 Å². The molecular formula is C28H35N5O. The van der Waals surface area contributed by atoms with Crippen molar-refractivity contribution in [2.24, 2.45) is 0 Å². The predicted octanol–water partition coefficient (Wildman–Crippen LogP) is 3.75. The minimum atomic E-state index is -0.0307. The van der Waals surface area contributed by atoms with Gasteiger partial charge in [-0.15, -0.1) is 0 Å². The first-order chi connectivity index (χ1) is 16.4. The van der Waals surface area contributed by atoms with E-state index >= 15 is 0 Å². The van der Waals surface area contributed by atoms with Crippen LogP contribution in [-0.2, 0) is 19.5 Å². The molecule has 0 amide bonds. The number of nitrogens with one attached hydrogen (secondary N) is 2. The molecule has 0 fully saturated rings. The summed E-state index contributed by atoms with van der Waals surface area (Å²) >= 11 is 0. The van der Waals surface area contributed by atoms with Crippen LogP contribution in [0.15, 0.2) is 53.3 Å². The van der Waals surface area contributed by atoms with E-state index < -0.39 is 0 Å². The number of nitrogens with zero attached hydrogens (tertiary/aromatic N) is 3. The monoisotopic (exact) mass is 457 g/mol. The van der Waals surface area contributed by atoms with Gasteiger partial charge in [0.15, 0.2) is 0 Å². The molecule has 2 heterocycles. The number of H-pyrrole nitrogens is 1. The summed E-state index contributed by atoms with van der Waals surface area (Å²) in [6.07, 6.45) is 2.89. The van der Waals surface area contributed by atoms with Crippen molar-refractivity contribution in [3.63, 3.8) is 0 Å². The lowest BCUT2D eigenvalue weighted by Gasteiger charge is -2.41. The molecule has 1 aliphatic carbocycles. The van der Waals surface area contributed by atoms with E-state index in [1.165, 1.54) is 22.3 Å². The Kier molecular flexibility index (Phi) is 6.38. The largest absolute Gasteiger partial charge is 0.305 e. The second-order valence-electron chi connectivity index (χ2n) is 10.4. The summed E-state index contributed by atoms with van der Waals surface area (Å²) in [5.41, 5.74) is 8.13. The molecule has 1 aromatic heterocycles. The van der Waals surface area contributed by atoms with Crippen LogP contribution in [-0.4, -0.2) is 48.2 Å². The third-order valence-corrected chi connectivity index (χ3v) is 7.11. The van der Waals surface area contributed by atoms with Gasteiger partial charge in [0.1, 0.15) is 0 Å². The molecule has 3 unspecified atom stereocenters. The van der Waals surface area contributed by atoms with E-state index in [1.807, 2.05) is 0 Å². The normalized spacial score (nSPS) is 21.6. The van der Waals surface area contributed by atoms with Crippen molar-refractivity contribution in [1.82, 2.24) is 25.3 Å². The van der Waals surface area contributed by atoms with Crippen LogP contribution in [0.25, 0.3) is 0 Å². The first-order valence-electron chi connectivity index (χ1n) is 12.2. The minimum Gasteiger partial charge on any atom is -0.305 e. The summed E-state index contributed by atoms with van der Waals surface area (Å²) in [5.74, 6) is 0.0352. The zero-order chi connectivity index (χ0) is 23.8. The van der Waals surface area contributed by atoms with Crippen LogP contribution >= 0.6 is 0 Å². The Morgan fingerprint density at radius 2 is 1.47 bits per heavy atom. The van der Waals surface area contributed by atoms with Gasteiger partial charge >= 0.3 is 0 Å². The maximum Gasteiger partial charge on any atom is 0.267 e. The highest BCUT2D eigenvalue weighted by Crippen LogP contribution is 2.47. The summed E-state index contributed by atoms with van der Waals surface area (Å²) in [7, 11) is 8.37. The maximum absolute atomic E-state index is 12.6. The molecule has 6 heteroatoms. The molecule has 3 atom stereocenters. The standard InChI is InChI=1S/C28H35N5O/c1-32(2)16-18-8-12-20(13-9-18)24-26(21-14-10-19(11-15-21)17-33(3)4)29-23-7-5-6-22-25(23)27(24)30-31-28(22)34/h8-15,23-24,26,29H,5-7,16-17H2,1-4H3,(H,31,34). The van der Waals surface area contributed by atoms with Crippen molar-refractivity contribution in [2.45, 2.75) is 50.4 Å². The summed E-state index contributed by atoms with van der Waals surface area (Å²) in [5, 5.41) is 11.4. The first-order valence-corrected chi connectivity index (χ1v) is 12.2. The molecule has 2 aromatic carbocycles. The van der Waals surface area contributed by atoms with Gasteiger partial charge in [-0.3, -0.25) is 4.79 Å². The highest BCUT2D eigenvalue weighted by atomic mass is 16.1. The Bertz CT molecular complexity index is 1200. The van der Waals surface area contributed by atoms with E-state index in [9.17, 15) is 4.79 Å². The SMILES string of the molecule is CN(C)Cc1ccc(C2NC3CCCc4c3c(n[nH]c4=O)C2c2ccc(CN(C)C)cc2)cc1. The van der Waals surface area contributed by atoms with Crippen molar-refractivity contribution < 1.29 is 0 Å². The van der Waals surface area contributed by atoms with Gasteiger partial charge in [-0.1, -0.05) is 48.5 Å². The highest BCUT2D eigenvalue weighted by molar-refractivity contribution is 5.46. The number of benzene rings is 2. The van der Waals surface area contributed by atoms with Gasteiger partial charge in [0.25, 0.3) is 5.56 Å². The van der Waals surface area contributed by atoms with Crippen LogP contribution in [0.4, 0.5) is 0 Å². The number of hydrogen-bond acceptors (Lipinski definition) is 5. The van der Waals surface area contributed by atoms with E-state index in [0.29, 0.717) is 0 Å². The second kappa shape index (κ2) is 9.45. The fourth-order valence-corrected chi connectivity index (χ4v) is 5.68. The van der Waals surface area contributed by atoms with Gasteiger partial charge < -0.3 is 15.1 Å². The number of aromatic amines is 1. The van der Waals surface area contributed by atoms with Crippen LogP contribution in [0.5, 0.6) is 0 Å². The quantitative estimate of drug-likeness (QED) is 0.590. The van der Waals surface area contributed by atoms with Gasteiger partial charge in [0, 0.05) is 42.2 Å². The van der Waals surface area contributed by atoms with Crippen molar-refractivity contribution in [3.05, 3.63) is 98.0 Å². The van der Waals surface area contributed by atoms with Crippen molar-refractivity contribution in [2.75, 3.05) is 28.2 Å². The average Bonchev–Trinajstić information content (AvgIpc) is 2.81. The van der Waals surface area contributed by atoms with E-state index in [4.69, 9.17) is 0 Å². The summed E-state index contributed by atoms with van der Waals surface area (Å²) in [4.78, 5) is 17.0. The molecule has 1 aliphatic heterocycles. The molecule has 2 aliphatic rings. The van der Waals surface area contributed by atoms with E-state index in [0.717, 1.165) is 49.2 Å². The van der Waals surface area contributed by atoms with Crippen LogP contribution < -0.4 is 10.9 Å². The lowest BCUT2D eigenvalue weighted by atomic mass is 9.74. The van der Waals surface area contributed by atoms with Gasteiger partial charge in [-0.25, -0.2) is 5.10 Å². The molecule has 0 spiro atoms. The van der Waals surface area contributed by atoms with E-state index in [2.05, 4.69) is 102 Å². The zero-order valence-electron chi connectivity index (χ0n) is 20.6. The van der Waals surface area contributed by atoms with E-state index in [-0.39, 0.29) is 23.6 Å². The lowest BCUT2D eigenvalue weighted by molar-refractivity contribution is 0.336. The molecule has 0 saturated heterocycles. The molecule has 34 heavy (non-hydrogen) atoms. The Balaban J connectivity index is 1.59. The molecule has 0 radical (unpaired) electrons. The molecule has 0 bridgehead atoms. The van der Waals surface area contributed by atoms with Crippen molar-refractivity contribution in [1.29, 1.82) is 0 Å². The number of rotatable bonds is 6. The third-order valence-electron chi connectivity index (χ3n) is 7.11. The van der Waals surface area contributed by atoms with Gasteiger partial charge in [-0.05, 0) is 69.7 Å². The lowest BCUT2D eigenvalue weighted by Crippen LogP contribution is -2.42. The molecule has 2 N–H and O–H groups in total. The van der Waals surface area contributed by atoms with Crippen molar-refractivity contribution in [3.8, 4) is 0 Å². The summed E-state index contributed by atoms with van der Waals surface area (Å²) in [6.45, 7) is 1.83. The Hall–Kier alpha value is -2.80. The summed E-state index contributed by atoms with van der Waals surface area (Å²) < 4.78 is 0. The molecule has 3 aromatic rings. The second-order valence-corrected chi connectivity index (χ2v) is 10.4. The minimum absolute atomic E-state index is 0.0307. The number of aromatic nitrogens is 2. The fourth-order valence-electron chi connectivity index (χ4n) is 5.68. The topological polar surface area (TPSA) is 64.3 Å². The summed E-state index contributed by atoms with van der Waals surface area (Å²) in [6, 6.07) is 18.1. The first kappa shape index (κ1) is 23.0. The number of hydrogen-bond donors (Lipinski definition) is 2. The predicted molar refractivity (Wildman–Crippen MR) is 136 cm³/mol. The Morgan fingerprint density at radius 1 is 0.882 bits per heavy atom. The molecule has 6 nitrogen and oxygen atoms in total. The van der Waals surface area contributed by atoms with Crippen LogP contribution in [0.2, 0.25) is 0 Å². The highest BCUT2D eigenvalue weighted by Gasteiger charge is 2.40. The molecule has 0 saturated carbocycles. The third kappa shape index (κ3) is 4.45. The molecule has 5 rings (SSSR count). The molecular weight excluding hydrogens is 422 g/mol. The molecule has 178 valence electrons. The van der Waals surface area contributed by atoms with Crippen LogP contribution in [0.1, 0.15) is 69.9 Å². The smallest absolute Gasteiger partial charge is 0.267 e. The fraction of sp³-hybridized carbons (Fsp3) is 0.429. The average molecular weight is 458 g/mol. The zero-order valence-corrected chi connectivity index (χ0v) is 20.6. The maximum atomic E-state index is 12.6. The Morgan fingerprint density at radius 3 is 2.06 bits per heavy atom. The van der Waals surface area contributed by atoms with Gasteiger partial charge in [-0.2, -0.15) is 5.10 Å². The van der Waals surface area contributed by atoms with E-state index in [1.54, 1.807) is 0 Å². The van der Waals surface area contributed by atoms with Crippen molar-refractivity contribution >= 4 is 0 Å². The Labute approximate surface area is 202 Å². The van der Waals surface area contributed by atoms with Crippen LogP contribution in [0.3, 0.4) is 0 Å². The van der Waals surface area contributed by atoms with Gasteiger partial charge in [0.2, 0.25) is 0 Å².